The molecule has 6 heteroatoms. The van der Waals surface area contributed by atoms with Crippen LogP contribution in [0, 0.1) is 29.2 Å². The van der Waals surface area contributed by atoms with Gasteiger partial charge in [0.15, 0.2) is 5.69 Å². The third-order valence-electron chi connectivity index (χ3n) is 10.7. The molecule has 0 saturated carbocycles. The molecule has 6 nitrogen and oxygen atoms in total. The van der Waals surface area contributed by atoms with Gasteiger partial charge in [-0.3, -0.25) is 4.98 Å². The number of aromatic nitrogens is 3. The second kappa shape index (κ2) is 13.0. The van der Waals surface area contributed by atoms with Crippen molar-refractivity contribution < 1.29 is 0 Å². The van der Waals surface area contributed by atoms with Gasteiger partial charge in [0.2, 0.25) is 0 Å². The number of pyridine rings is 1. The summed E-state index contributed by atoms with van der Waals surface area (Å²) in [6, 6.07) is 58.0. The number of para-hydroxylation sites is 2. The van der Waals surface area contributed by atoms with Crippen molar-refractivity contribution in [3.8, 4) is 56.9 Å². The van der Waals surface area contributed by atoms with E-state index in [-0.39, 0.29) is 0 Å². The first kappa shape index (κ1) is 32.4. The molecular weight excluding hydrogens is 685 g/mol. The Bertz CT molecular complexity index is 3150. The standard InChI is InChI=1S/C50H28N6/c1-53-39-11-7-10-35(25-39)37-17-19-48-43(27-37)41-13-3-5-15-46(41)56(48)50-29-38(33-20-22-54-23-21-33)28-49(44(50)31-52)55-45-14-4-2-12-40(45)42-26-36(16-18-47(42)55)34-9-6-8-32(24-34)30-51/h2-29H. The third-order valence-corrected chi connectivity index (χ3v) is 10.7. The molecule has 3 heterocycles. The van der Waals surface area contributed by atoms with Crippen molar-refractivity contribution in [1.29, 1.82) is 10.5 Å². The number of hydrogen-bond donors (Lipinski definition) is 0. The Morgan fingerprint density at radius 1 is 0.446 bits per heavy atom. The van der Waals surface area contributed by atoms with Gasteiger partial charge >= 0.3 is 0 Å². The van der Waals surface area contributed by atoms with E-state index in [0.717, 1.165) is 88.4 Å². The van der Waals surface area contributed by atoms with Gasteiger partial charge in [-0.15, -0.1) is 0 Å². The van der Waals surface area contributed by atoms with Crippen LogP contribution in [0.5, 0.6) is 0 Å². The minimum atomic E-state index is 0.535. The maximum Gasteiger partial charge on any atom is 0.187 e. The Hall–Kier alpha value is -8.24. The SMILES string of the molecule is [C-]#[N+]c1cccc(-c2ccc3c(c2)c2ccccc2n3-c2cc(-c3ccncc3)cc(-n3c4ccccc4c4cc(-c5cccc(C#N)c5)ccc43)c2C#N)c1. The molecule has 0 unspecified atom stereocenters. The van der Waals surface area contributed by atoms with Crippen LogP contribution in [0.4, 0.5) is 5.69 Å². The van der Waals surface area contributed by atoms with E-state index in [4.69, 9.17) is 6.57 Å². The monoisotopic (exact) mass is 712 g/mol. The summed E-state index contributed by atoms with van der Waals surface area (Å²) >= 11 is 0. The molecule has 3 aromatic heterocycles. The zero-order valence-electron chi connectivity index (χ0n) is 29.8. The van der Waals surface area contributed by atoms with Crippen LogP contribution in [0.1, 0.15) is 11.1 Å². The van der Waals surface area contributed by atoms with Gasteiger partial charge in [-0.05, 0) is 112 Å². The number of rotatable bonds is 5. The zero-order valence-corrected chi connectivity index (χ0v) is 29.8. The van der Waals surface area contributed by atoms with Gasteiger partial charge in [0.05, 0.1) is 51.6 Å². The van der Waals surface area contributed by atoms with Crippen molar-refractivity contribution in [3.05, 3.63) is 193 Å². The molecule has 10 rings (SSSR count). The Morgan fingerprint density at radius 3 is 1.55 bits per heavy atom. The molecule has 0 amide bonds. The lowest BCUT2D eigenvalue weighted by atomic mass is 10.00. The first-order valence-corrected chi connectivity index (χ1v) is 18.2. The quantitative estimate of drug-likeness (QED) is 0.167. The molecule has 56 heavy (non-hydrogen) atoms. The topological polar surface area (TPSA) is 74.7 Å². The predicted molar refractivity (Wildman–Crippen MR) is 225 cm³/mol. The number of fused-ring (bicyclic) bond motifs is 6. The highest BCUT2D eigenvalue weighted by atomic mass is 15.0. The van der Waals surface area contributed by atoms with E-state index >= 15 is 0 Å². The Morgan fingerprint density at radius 2 is 0.982 bits per heavy atom. The molecule has 0 fully saturated rings. The summed E-state index contributed by atoms with van der Waals surface area (Å²) in [6.07, 6.45) is 3.59. The predicted octanol–water partition coefficient (Wildman–Crippen LogP) is 12.6. The molecule has 7 aromatic carbocycles. The third kappa shape index (κ3) is 5.12. The first-order valence-electron chi connectivity index (χ1n) is 18.2. The fraction of sp³-hybridized carbons (Fsp3) is 0. The lowest BCUT2D eigenvalue weighted by Crippen LogP contribution is -2.05. The fourth-order valence-corrected chi connectivity index (χ4v) is 8.14. The van der Waals surface area contributed by atoms with Crippen molar-refractivity contribution in [3.63, 3.8) is 0 Å². The molecule has 0 saturated heterocycles. The zero-order chi connectivity index (χ0) is 37.8. The molecule has 10 aromatic rings. The van der Waals surface area contributed by atoms with Crippen molar-refractivity contribution in [1.82, 2.24) is 14.1 Å². The highest BCUT2D eigenvalue weighted by Gasteiger charge is 2.23. The molecule has 0 aliphatic rings. The van der Waals surface area contributed by atoms with Crippen LogP contribution < -0.4 is 0 Å². The molecule has 0 N–H and O–H groups in total. The minimum absolute atomic E-state index is 0.535. The molecular formula is C50H28N6. The Labute approximate surface area is 322 Å². The Kier molecular flexibility index (Phi) is 7.53. The van der Waals surface area contributed by atoms with Crippen molar-refractivity contribution in [2.45, 2.75) is 0 Å². The average molecular weight is 713 g/mol. The van der Waals surface area contributed by atoms with Crippen LogP contribution in [0.2, 0.25) is 0 Å². The van der Waals surface area contributed by atoms with E-state index in [0.29, 0.717) is 16.8 Å². The van der Waals surface area contributed by atoms with Crippen LogP contribution in [-0.2, 0) is 0 Å². The van der Waals surface area contributed by atoms with Crippen LogP contribution in [0.3, 0.4) is 0 Å². The maximum atomic E-state index is 11.3. The van der Waals surface area contributed by atoms with E-state index in [1.807, 2.05) is 84.9 Å². The average Bonchev–Trinajstić information content (AvgIpc) is 3.78. The number of hydrogen-bond acceptors (Lipinski definition) is 3. The summed E-state index contributed by atoms with van der Waals surface area (Å²) in [5.41, 5.74) is 13.1. The van der Waals surface area contributed by atoms with Gasteiger partial charge in [-0.2, -0.15) is 10.5 Å². The van der Waals surface area contributed by atoms with Crippen LogP contribution >= 0.6 is 0 Å². The van der Waals surface area contributed by atoms with E-state index in [1.165, 1.54) is 0 Å². The molecule has 0 radical (unpaired) electrons. The summed E-state index contributed by atoms with van der Waals surface area (Å²) in [5.74, 6) is 0. The van der Waals surface area contributed by atoms with Crippen molar-refractivity contribution in [2.75, 3.05) is 0 Å². The lowest BCUT2D eigenvalue weighted by molar-refractivity contribution is 1.12. The molecule has 0 aliphatic carbocycles. The highest BCUT2D eigenvalue weighted by molar-refractivity contribution is 6.12. The van der Waals surface area contributed by atoms with Gasteiger partial charge in [0, 0.05) is 33.9 Å². The summed E-state index contributed by atoms with van der Waals surface area (Å²) in [5, 5.41) is 25.1. The van der Waals surface area contributed by atoms with E-state index in [9.17, 15) is 10.5 Å². The maximum absolute atomic E-state index is 11.3. The van der Waals surface area contributed by atoms with Gasteiger partial charge < -0.3 is 9.13 Å². The second-order valence-corrected chi connectivity index (χ2v) is 13.8. The van der Waals surface area contributed by atoms with Gasteiger partial charge in [-0.25, -0.2) is 4.85 Å². The van der Waals surface area contributed by atoms with Crippen LogP contribution in [-0.4, -0.2) is 14.1 Å². The largest absolute Gasteiger partial charge is 0.308 e. The van der Waals surface area contributed by atoms with E-state index < -0.39 is 0 Å². The van der Waals surface area contributed by atoms with E-state index in [2.05, 4.69) is 104 Å². The first-order chi connectivity index (χ1) is 27.6. The molecule has 0 aliphatic heterocycles. The summed E-state index contributed by atoms with van der Waals surface area (Å²) in [6.45, 7) is 7.56. The number of nitrogens with zero attached hydrogens (tertiary/aromatic N) is 6. The highest BCUT2D eigenvalue weighted by Crippen LogP contribution is 2.42. The van der Waals surface area contributed by atoms with Crippen LogP contribution in [0.25, 0.3) is 93.2 Å². The number of nitriles is 2. The van der Waals surface area contributed by atoms with Crippen molar-refractivity contribution >= 4 is 49.3 Å². The summed E-state index contributed by atoms with van der Waals surface area (Å²) in [4.78, 5) is 7.96. The molecule has 0 atom stereocenters. The van der Waals surface area contributed by atoms with Crippen molar-refractivity contribution in [2.24, 2.45) is 0 Å². The molecule has 0 spiro atoms. The van der Waals surface area contributed by atoms with Gasteiger partial charge in [0.1, 0.15) is 11.6 Å². The molecule has 258 valence electrons. The molecule has 0 bridgehead atoms. The summed E-state index contributed by atoms with van der Waals surface area (Å²) < 4.78 is 4.42. The number of benzene rings is 7. The normalized spacial score (nSPS) is 11.2. The summed E-state index contributed by atoms with van der Waals surface area (Å²) in [7, 11) is 0. The lowest BCUT2D eigenvalue weighted by Gasteiger charge is -2.18. The minimum Gasteiger partial charge on any atom is -0.308 e. The fourth-order valence-electron chi connectivity index (χ4n) is 8.14. The van der Waals surface area contributed by atoms with E-state index in [1.54, 1.807) is 12.4 Å². The van der Waals surface area contributed by atoms with Gasteiger partial charge in [0.25, 0.3) is 0 Å². The van der Waals surface area contributed by atoms with Crippen LogP contribution in [0.15, 0.2) is 170 Å². The van der Waals surface area contributed by atoms with Gasteiger partial charge in [-0.1, -0.05) is 78.9 Å². The smallest absolute Gasteiger partial charge is 0.187 e. The Balaban J connectivity index is 1.28. The second-order valence-electron chi connectivity index (χ2n) is 13.8.